The van der Waals surface area contributed by atoms with Crippen molar-refractivity contribution in [2.45, 2.75) is 40.3 Å². The molecule has 0 bridgehead atoms. The van der Waals surface area contributed by atoms with Gasteiger partial charge in [0.2, 0.25) is 0 Å². The standard InChI is InChI=1S/C20H21ClN2O3S/c1-5-23-16-7-6-14(10-17(16)27-20(23)25)22-19(24)13(4)26-15-8-11(2)18(21)12(3)9-15/h6-10,13H,5H2,1-4H3,(H,22,24). The number of aromatic nitrogens is 1. The second-order valence-electron chi connectivity index (χ2n) is 6.42. The SMILES string of the molecule is CCn1c(=O)sc2cc(NC(=O)C(C)Oc3cc(C)c(Cl)c(C)c3)ccc21. The van der Waals surface area contributed by atoms with Crippen LogP contribution in [0.15, 0.2) is 35.1 Å². The number of thiazole rings is 1. The molecule has 142 valence electrons. The molecule has 0 saturated carbocycles. The zero-order valence-electron chi connectivity index (χ0n) is 15.6. The van der Waals surface area contributed by atoms with Gasteiger partial charge in [-0.1, -0.05) is 22.9 Å². The smallest absolute Gasteiger partial charge is 0.308 e. The molecule has 1 N–H and O–H groups in total. The van der Waals surface area contributed by atoms with Gasteiger partial charge in [-0.3, -0.25) is 14.2 Å². The summed E-state index contributed by atoms with van der Waals surface area (Å²) in [5.74, 6) is 0.340. The quantitative estimate of drug-likeness (QED) is 0.666. The molecule has 1 unspecified atom stereocenters. The predicted molar refractivity (Wildman–Crippen MR) is 111 cm³/mol. The molecule has 0 fully saturated rings. The Bertz CT molecular complexity index is 1050. The van der Waals surface area contributed by atoms with Crippen molar-refractivity contribution in [2.75, 3.05) is 5.32 Å². The molecule has 0 radical (unpaired) electrons. The monoisotopic (exact) mass is 404 g/mol. The second-order valence-corrected chi connectivity index (χ2v) is 7.79. The average molecular weight is 405 g/mol. The molecule has 0 aliphatic heterocycles. The van der Waals surface area contributed by atoms with Crippen LogP contribution in [0.4, 0.5) is 5.69 Å². The largest absolute Gasteiger partial charge is 0.481 e. The maximum absolute atomic E-state index is 12.5. The number of aryl methyl sites for hydroxylation is 3. The van der Waals surface area contributed by atoms with Crippen LogP contribution in [0.5, 0.6) is 5.75 Å². The summed E-state index contributed by atoms with van der Waals surface area (Å²) in [5.41, 5.74) is 3.32. The molecule has 1 heterocycles. The number of hydrogen-bond donors (Lipinski definition) is 1. The number of ether oxygens (including phenoxy) is 1. The molecule has 0 aliphatic rings. The first-order valence-electron chi connectivity index (χ1n) is 8.67. The zero-order valence-corrected chi connectivity index (χ0v) is 17.2. The Hall–Kier alpha value is -2.31. The molecule has 3 aromatic rings. The summed E-state index contributed by atoms with van der Waals surface area (Å²) in [6, 6.07) is 9.09. The first-order valence-corrected chi connectivity index (χ1v) is 9.87. The second kappa shape index (κ2) is 7.74. The highest BCUT2D eigenvalue weighted by Gasteiger charge is 2.17. The molecule has 1 aromatic heterocycles. The maximum Gasteiger partial charge on any atom is 0.308 e. The highest BCUT2D eigenvalue weighted by Crippen LogP contribution is 2.27. The van der Waals surface area contributed by atoms with E-state index in [0.29, 0.717) is 23.0 Å². The van der Waals surface area contributed by atoms with Crippen molar-refractivity contribution in [1.82, 2.24) is 4.57 Å². The van der Waals surface area contributed by atoms with E-state index in [2.05, 4.69) is 5.32 Å². The van der Waals surface area contributed by atoms with Crippen molar-refractivity contribution in [3.8, 4) is 5.75 Å². The lowest BCUT2D eigenvalue weighted by Gasteiger charge is -2.16. The lowest BCUT2D eigenvalue weighted by molar-refractivity contribution is -0.122. The summed E-state index contributed by atoms with van der Waals surface area (Å²) < 4.78 is 8.33. The van der Waals surface area contributed by atoms with E-state index in [1.165, 1.54) is 11.3 Å². The molecular weight excluding hydrogens is 384 g/mol. The highest BCUT2D eigenvalue weighted by molar-refractivity contribution is 7.16. The Morgan fingerprint density at radius 2 is 1.93 bits per heavy atom. The van der Waals surface area contributed by atoms with Crippen LogP contribution in [0, 0.1) is 13.8 Å². The van der Waals surface area contributed by atoms with E-state index in [4.69, 9.17) is 16.3 Å². The molecule has 0 spiro atoms. The Balaban J connectivity index is 1.74. The van der Waals surface area contributed by atoms with Gasteiger partial charge >= 0.3 is 4.87 Å². The maximum atomic E-state index is 12.5. The predicted octanol–water partition coefficient (Wildman–Crippen LogP) is 4.76. The molecule has 1 atom stereocenters. The van der Waals surface area contributed by atoms with Crippen LogP contribution >= 0.6 is 22.9 Å². The summed E-state index contributed by atoms with van der Waals surface area (Å²) in [6.45, 7) is 8.04. The van der Waals surface area contributed by atoms with Crippen molar-refractivity contribution in [3.05, 3.63) is 56.1 Å². The molecule has 7 heteroatoms. The number of benzene rings is 2. The van der Waals surface area contributed by atoms with Gasteiger partial charge in [-0.25, -0.2) is 0 Å². The van der Waals surface area contributed by atoms with Crippen molar-refractivity contribution in [3.63, 3.8) is 0 Å². The number of nitrogens with one attached hydrogen (secondary N) is 1. The van der Waals surface area contributed by atoms with Gasteiger partial charge in [-0.2, -0.15) is 0 Å². The van der Waals surface area contributed by atoms with Gasteiger partial charge in [0, 0.05) is 17.3 Å². The Kier molecular flexibility index (Phi) is 5.58. The third-order valence-corrected chi connectivity index (χ3v) is 5.88. The minimum Gasteiger partial charge on any atom is -0.481 e. The van der Waals surface area contributed by atoms with Crippen LogP contribution in [0.1, 0.15) is 25.0 Å². The fourth-order valence-corrected chi connectivity index (χ4v) is 4.02. The van der Waals surface area contributed by atoms with E-state index in [9.17, 15) is 9.59 Å². The third-order valence-electron chi connectivity index (χ3n) is 4.34. The number of anilines is 1. The lowest BCUT2D eigenvalue weighted by Crippen LogP contribution is -2.30. The van der Waals surface area contributed by atoms with E-state index in [1.807, 2.05) is 45.0 Å². The van der Waals surface area contributed by atoms with Crippen LogP contribution in [-0.2, 0) is 11.3 Å². The van der Waals surface area contributed by atoms with E-state index in [-0.39, 0.29) is 10.8 Å². The Morgan fingerprint density at radius 3 is 2.56 bits per heavy atom. The fourth-order valence-electron chi connectivity index (χ4n) is 2.92. The lowest BCUT2D eigenvalue weighted by atomic mass is 10.1. The van der Waals surface area contributed by atoms with E-state index in [1.54, 1.807) is 17.6 Å². The Morgan fingerprint density at radius 1 is 1.26 bits per heavy atom. The normalized spacial score (nSPS) is 12.2. The van der Waals surface area contributed by atoms with Crippen molar-refractivity contribution in [2.24, 2.45) is 0 Å². The van der Waals surface area contributed by atoms with Crippen LogP contribution in [0.3, 0.4) is 0 Å². The van der Waals surface area contributed by atoms with Crippen LogP contribution in [0.2, 0.25) is 5.02 Å². The van der Waals surface area contributed by atoms with Gasteiger partial charge in [-0.05, 0) is 69.2 Å². The van der Waals surface area contributed by atoms with Gasteiger partial charge in [0.25, 0.3) is 5.91 Å². The van der Waals surface area contributed by atoms with Crippen LogP contribution in [0.25, 0.3) is 10.2 Å². The van der Waals surface area contributed by atoms with E-state index in [0.717, 1.165) is 21.3 Å². The number of nitrogens with zero attached hydrogens (tertiary/aromatic N) is 1. The van der Waals surface area contributed by atoms with Crippen molar-refractivity contribution >= 4 is 44.7 Å². The van der Waals surface area contributed by atoms with Gasteiger partial charge in [-0.15, -0.1) is 0 Å². The molecule has 2 aromatic carbocycles. The van der Waals surface area contributed by atoms with Gasteiger partial charge in [0.15, 0.2) is 6.10 Å². The van der Waals surface area contributed by atoms with Gasteiger partial charge < -0.3 is 10.1 Å². The van der Waals surface area contributed by atoms with E-state index >= 15 is 0 Å². The van der Waals surface area contributed by atoms with Crippen molar-refractivity contribution < 1.29 is 9.53 Å². The molecule has 0 saturated heterocycles. The molecule has 1 amide bonds. The van der Waals surface area contributed by atoms with Gasteiger partial charge in [0.05, 0.1) is 10.2 Å². The minimum atomic E-state index is -0.681. The number of fused-ring (bicyclic) bond motifs is 1. The molecule has 5 nitrogen and oxygen atoms in total. The summed E-state index contributed by atoms with van der Waals surface area (Å²) in [7, 11) is 0. The number of amides is 1. The van der Waals surface area contributed by atoms with Crippen LogP contribution in [-0.4, -0.2) is 16.6 Å². The van der Waals surface area contributed by atoms with Crippen LogP contribution < -0.4 is 14.9 Å². The topological polar surface area (TPSA) is 60.3 Å². The van der Waals surface area contributed by atoms with Gasteiger partial charge in [0.1, 0.15) is 5.75 Å². The zero-order chi connectivity index (χ0) is 19.7. The first kappa shape index (κ1) is 19.5. The number of rotatable bonds is 5. The fraction of sp³-hybridized carbons (Fsp3) is 0.300. The summed E-state index contributed by atoms with van der Waals surface area (Å²) >= 11 is 7.34. The highest BCUT2D eigenvalue weighted by atomic mass is 35.5. The average Bonchev–Trinajstić information content (AvgIpc) is 2.93. The summed E-state index contributed by atoms with van der Waals surface area (Å²) in [5, 5.41) is 3.55. The molecule has 27 heavy (non-hydrogen) atoms. The van der Waals surface area contributed by atoms with Crippen molar-refractivity contribution in [1.29, 1.82) is 0 Å². The summed E-state index contributed by atoms with van der Waals surface area (Å²) in [4.78, 5) is 24.5. The number of carbonyl (C=O) groups excluding carboxylic acids is 1. The number of carbonyl (C=O) groups is 1. The molecule has 3 rings (SSSR count). The number of halogens is 1. The van der Waals surface area contributed by atoms with E-state index < -0.39 is 6.10 Å². The summed E-state index contributed by atoms with van der Waals surface area (Å²) in [6.07, 6.45) is -0.681. The number of hydrogen-bond acceptors (Lipinski definition) is 4. The molecular formula is C20H21ClN2O3S. The third kappa shape index (κ3) is 4.01. The minimum absolute atomic E-state index is 0.00107. The molecule has 0 aliphatic carbocycles. The first-order chi connectivity index (χ1) is 12.8. The Labute approximate surface area is 166 Å².